The summed E-state index contributed by atoms with van der Waals surface area (Å²) in [7, 11) is 0. The van der Waals surface area contributed by atoms with E-state index in [4.69, 9.17) is 30.4 Å². The number of halogens is 20. The van der Waals surface area contributed by atoms with E-state index in [0.29, 0.717) is 25.9 Å². The van der Waals surface area contributed by atoms with Crippen molar-refractivity contribution in [3.8, 4) is 6.26 Å². The molecule has 0 radical (unpaired) electrons. The molecule has 6 unspecified atom stereocenters. The first kappa shape index (κ1) is 87.8. The van der Waals surface area contributed by atoms with Crippen molar-refractivity contribution < 1.29 is 175 Å². The Morgan fingerprint density at radius 1 is 0.593 bits per heavy atom. The molecule has 6 N–H and O–H groups in total. The second-order valence-electron chi connectivity index (χ2n) is 19.7. The highest BCUT2D eigenvalue weighted by Gasteiger charge is 2.67. The molecule has 0 aliphatic heterocycles. The van der Waals surface area contributed by atoms with Crippen molar-refractivity contribution in [3.63, 3.8) is 0 Å². The lowest BCUT2D eigenvalue weighted by Crippen LogP contribution is -2.48. The lowest BCUT2D eigenvalue weighted by molar-refractivity contribution is -0.548. The predicted octanol–water partition coefficient (Wildman–Crippen LogP) is 9.10. The van der Waals surface area contributed by atoms with Gasteiger partial charge >= 0.3 is 49.2 Å². The number of hydrogen-bond acceptors (Lipinski definition) is 20. The number of nitrogens with zero attached hydrogens (tertiary/aromatic N) is 2. The number of alkyl carbamates (subject to hydrolysis) is 2. The molecule has 0 aromatic carbocycles. The fourth-order valence-electron chi connectivity index (χ4n) is 7.82. The lowest BCUT2D eigenvalue weighted by atomic mass is 9.63. The first-order valence-corrected chi connectivity index (χ1v) is 23.9. The molecule has 2 fully saturated rings. The summed E-state index contributed by atoms with van der Waals surface area (Å²) in [6.45, 7) is 4.35. The topological polar surface area (TPSA) is 294 Å². The molecule has 2 amide bonds. The molecule has 0 spiro atoms. The van der Waals surface area contributed by atoms with Gasteiger partial charge in [-0.2, -0.15) is 40.4 Å². The van der Waals surface area contributed by atoms with Gasteiger partial charge in [-0.05, 0) is 69.2 Å². The summed E-state index contributed by atoms with van der Waals surface area (Å²) < 4.78 is 265. The Morgan fingerprint density at radius 2 is 1.00 bits per heavy atom. The second kappa shape index (κ2) is 42.3. The van der Waals surface area contributed by atoms with E-state index in [1.54, 1.807) is 12.3 Å². The Morgan fingerprint density at radius 3 is 1.36 bits per heavy atom. The van der Waals surface area contributed by atoms with Crippen molar-refractivity contribution in [1.82, 2.24) is 10.6 Å². The molecule has 2 aliphatic carbocycles. The Kier molecular flexibility index (Phi) is 43.2. The highest BCUT2D eigenvalue weighted by atomic mass is 19.4. The minimum absolute atomic E-state index is 0.000417. The quantitative estimate of drug-likeness (QED) is 0.00975. The van der Waals surface area contributed by atoms with Crippen LogP contribution in [0.3, 0.4) is 0 Å². The van der Waals surface area contributed by atoms with E-state index in [1.807, 2.05) is 6.92 Å². The van der Waals surface area contributed by atoms with Gasteiger partial charge in [-0.1, -0.05) is 41.5 Å². The fourth-order valence-corrected chi connectivity index (χ4v) is 7.82. The molecule has 512 valence electrons. The Labute approximate surface area is 477 Å². The summed E-state index contributed by atoms with van der Waals surface area (Å²) in [5.74, 6) is 0. The summed E-state index contributed by atoms with van der Waals surface area (Å²) in [6.07, 6.45) is -29.8. The van der Waals surface area contributed by atoms with Crippen molar-refractivity contribution in [3.05, 3.63) is 0 Å². The van der Waals surface area contributed by atoms with Crippen LogP contribution in [0.1, 0.15) is 80.1 Å². The number of ether oxygens (including phenoxy) is 9. The van der Waals surface area contributed by atoms with Gasteiger partial charge in [0.05, 0.1) is 39.1 Å². The highest BCUT2D eigenvalue weighted by Crippen LogP contribution is 2.48. The molecule has 2 saturated carbocycles. The highest BCUT2D eigenvalue weighted by molar-refractivity contribution is 5.67. The zero-order valence-corrected chi connectivity index (χ0v) is 46.4. The molecule has 2 aliphatic rings. The van der Waals surface area contributed by atoms with Gasteiger partial charge in [0.1, 0.15) is 38.3 Å². The molecule has 0 bridgehead atoms. The summed E-state index contributed by atoms with van der Waals surface area (Å²) in [5.41, 5.74) is -0.289. The van der Waals surface area contributed by atoms with E-state index in [1.165, 1.54) is 9.88 Å². The van der Waals surface area contributed by atoms with Gasteiger partial charge in [-0.3, -0.25) is 9.47 Å². The molecular formula is C44H68F20N4O18. The zero-order valence-electron chi connectivity index (χ0n) is 46.4. The van der Waals surface area contributed by atoms with Gasteiger partial charge in [0, 0.05) is 13.1 Å². The van der Waals surface area contributed by atoms with Crippen molar-refractivity contribution in [2.24, 2.45) is 26.7 Å². The first-order valence-electron chi connectivity index (χ1n) is 23.9. The van der Waals surface area contributed by atoms with Gasteiger partial charge in [0.2, 0.25) is 12.9 Å². The molecular weight excluding hydrogens is 1250 g/mol. The number of nitriles is 1. The van der Waals surface area contributed by atoms with Crippen molar-refractivity contribution in [2.75, 3.05) is 93.5 Å². The third kappa shape index (κ3) is 40.7. The Balaban J connectivity index is -0.000000482. The standard InChI is InChI=1S/C14H23FN2O3.C13H21FN2O3.C5H11FO3.2C4H2F8O3.C4H9FO3/c1-13(2)6-11(20-10-16)7-14(3,8-13)9-17-12(18)19-5-4-15;1-12(2)4-10(16-9-17)5-13(3,6-12)7-15-11(18)19-8-14;6-1-2-9-4-5(8)3-7;2*5-1-13-4(10,11)14-2(6,7)3(8,9)15-12;5-3-8-2-4(7)1-6/h11H,4-9H2,1-3H3,(H,17,18);10H,4-8H2,1-3H3,(H,15,18);5,7-8H,1-4H2;2*1H2;4,6-7H,1-3H2. The molecule has 0 aromatic rings. The number of alkyl halides is 18. The first-order chi connectivity index (χ1) is 39.4. The third-order valence-corrected chi connectivity index (χ3v) is 10.2. The van der Waals surface area contributed by atoms with E-state index in [-0.39, 0.29) is 73.4 Å². The minimum atomic E-state index is -6.04. The van der Waals surface area contributed by atoms with Crippen LogP contribution < -0.4 is 10.6 Å². The van der Waals surface area contributed by atoms with Gasteiger partial charge in [0.25, 0.3) is 6.26 Å². The van der Waals surface area contributed by atoms with Crippen LogP contribution in [0.15, 0.2) is 4.99 Å². The Bertz CT molecular complexity index is 1880. The number of aliphatic hydroxyl groups excluding tert-OH is 4. The fraction of sp³-hybridized carbons (Fsp3) is 0.909. The number of hydrogen-bond donors (Lipinski definition) is 6. The largest absolute Gasteiger partial charge is 0.492 e. The maximum Gasteiger partial charge on any atom is 0.492 e. The molecule has 2 rings (SSSR count). The van der Waals surface area contributed by atoms with Crippen molar-refractivity contribution in [1.29, 1.82) is 5.26 Å². The molecule has 6 atom stereocenters. The average molecular weight is 1320 g/mol. The summed E-state index contributed by atoms with van der Waals surface area (Å²) in [6, 6.07) is -0.0785. The van der Waals surface area contributed by atoms with Crippen LogP contribution in [0.25, 0.3) is 0 Å². The number of nitrogens with one attached hydrogen (secondary N) is 2. The molecule has 86 heavy (non-hydrogen) atoms. The zero-order chi connectivity index (χ0) is 67.9. The molecule has 0 heterocycles. The van der Waals surface area contributed by atoms with Crippen LogP contribution in [0.4, 0.5) is 97.7 Å². The maximum absolute atomic E-state index is 12.0. The number of isocyanates is 1. The van der Waals surface area contributed by atoms with Crippen LogP contribution in [0, 0.1) is 33.2 Å². The minimum Gasteiger partial charge on any atom is -0.447 e. The summed E-state index contributed by atoms with van der Waals surface area (Å²) >= 11 is 0. The number of aliphatic imine (C=N–C) groups is 1. The SMILES string of the molecule is CC1(C)CC(N=C=O)CC(C)(CNC(=O)OCF)C1.CC1(C)CC(OC#N)CC(C)(CNC(=O)OCCF)C1.FCOC(F)(F)OC(F)(F)C(F)(F)OF.FCOC(F)(F)OC(F)(F)C(F)(F)OF.OCC(O)COCCF.OCC(O)COCF. The molecule has 22 nitrogen and oxygen atoms in total. The summed E-state index contributed by atoms with van der Waals surface area (Å²) in [4.78, 5) is 39.6. The smallest absolute Gasteiger partial charge is 0.447 e. The van der Waals surface area contributed by atoms with E-state index >= 15 is 0 Å². The summed E-state index contributed by atoms with van der Waals surface area (Å²) in [5, 5.41) is 47.2. The van der Waals surface area contributed by atoms with Gasteiger partial charge < -0.3 is 54.7 Å². The van der Waals surface area contributed by atoms with E-state index in [0.717, 1.165) is 25.7 Å². The van der Waals surface area contributed by atoms with Crippen LogP contribution in [0.5, 0.6) is 0 Å². The molecule has 0 aromatic heterocycles. The maximum atomic E-state index is 12.0. The number of carbonyl (C=O) groups is 2. The number of aliphatic hydroxyl groups is 4. The van der Waals surface area contributed by atoms with E-state index in [2.05, 4.69) is 88.1 Å². The molecule has 42 heteroatoms. The van der Waals surface area contributed by atoms with E-state index < -0.39 is 102 Å². The monoisotopic (exact) mass is 1320 g/mol. The number of carbonyl (C=O) groups excluding carboxylic acids is 3. The predicted molar refractivity (Wildman–Crippen MR) is 245 cm³/mol. The second-order valence-corrected chi connectivity index (χ2v) is 19.7. The lowest BCUT2D eigenvalue weighted by Gasteiger charge is -2.45. The number of rotatable bonds is 30. The van der Waals surface area contributed by atoms with Crippen molar-refractivity contribution in [2.45, 2.75) is 141 Å². The number of amides is 2. The normalized spacial score (nSPS) is 20.8. The van der Waals surface area contributed by atoms with Gasteiger partial charge in [0.15, 0.2) is 20.6 Å². The van der Waals surface area contributed by atoms with E-state index in [9.17, 15) is 102 Å². The Hall–Kier alpha value is -4.67. The molecule has 0 saturated heterocycles. The average Bonchev–Trinajstić information content (AvgIpc) is 3.58. The van der Waals surface area contributed by atoms with Gasteiger partial charge in [-0.25, -0.2) is 55.2 Å². The van der Waals surface area contributed by atoms with Crippen LogP contribution in [-0.4, -0.2) is 194 Å². The van der Waals surface area contributed by atoms with Crippen LogP contribution >= 0.6 is 0 Å². The third-order valence-electron chi connectivity index (χ3n) is 10.2. The van der Waals surface area contributed by atoms with Crippen molar-refractivity contribution >= 4 is 18.3 Å². The van der Waals surface area contributed by atoms with Gasteiger partial charge in [-0.15, -0.1) is 27.4 Å². The van der Waals surface area contributed by atoms with Crippen LogP contribution in [0.2, 0.25) is 0 Å². The van der Waals surface area contributed by atoms with Crippen LogP contribution in [-0.2, 0) is 57.3 Å².